The molecule has 1 aliphatic rings. The Hall–Kier alpha value is -2.50. The third-order valence-corrected chi connectivity index (χ3v) is 3.20. The fourth-order valence-corrected chi connectivity index (χ4v) is 2.14. The van der Waals surface area contributed by atoms with Crippen molar-refractivity contribution in [3.05, 3.63) is 42.5 Å². The van der Waals surface area contributed by atoms with E-state index in [1.807, 2.05) is 29.3 Å². The van der Waals surface area contributed by atoms with E-state index < -0.39 is 0 Å². The van der Waals surface area contributed by atoms with Gasteiger partial charge in [-0.2, -0.15) is 0 Å². The van der Waals surface area contributed by atoms with Crippen molar-refractivity contribution in [3.8, 4) is 0 Å². The highest BCUT2D eigenvalue weighted by Gasteiger charge is 2.20. The van der Waals surface area contributed by atoms with Crippen LogP contribution in [0.4, 0.5) is 11.6 Å². The highest BCUT2D eigenvalue weighted by Crippen LogP contribution is 2.18. The summed E-state index contributed by atoms with van der Waals surface area (Å²) >= 11 is 0. The van der Waals surface area contributed by atoms with E-state index in [2.05, 4.69) is 20.3 Å². The zero-order chi connectivity index (χ0) is 13.8. The standard InChI is InChI=1S/C14H15N5O/c20-12-3-5-19(9-12)14-6-13(17-10-18-14)16-8-11-2-1-4-15-7-11/h1-2,4,6-7,10H,3,5,8-9H2,(H,16,17,18). The molecule has 20 heavy (non-hydrogen) atoms. The minimum absolute atomic E-state index is 0.258. The molecule has 1 N–H and O–H groups in total. The molecule has 3 rings (SSSR count). The van der Waals surface area contributed by atoms with Gasteiger partial charge in [0.2, 0.25) is 0 Å². The molecule has 2 aromatic rings. The molecular formula is C14H15N5O. The second-order valence-corrected chi connectivity index (χ2v) is 4.69. The van der Waals surface area contributed by atoms with Crippen LogP contribution >= 0.6 is 0 Å². The van der Waals surface area contributed by atoms with Crippen molar-refractivity contribution in [2.75, 3.05) is 23.3 Å². The van der Waals surface area contributed by atoms with E-state index in [0.29, 0.717) is 19.5 Å². The number of ketones is 1. The zero-order valence-corrected chi connectivity index (χ0v) is 11.0. The fourth-order valence-electron chi connectivity index (χ4n) is 2.14. The van der Waals surface area contributed by atoms with Gasteiger partial charge in [0.05, 0.1) is 6.54 Å². The SMILES string of the molecule is O=C1CCN(c2cc(NCc3cccnc3)ncn2)C1. The second kappa shape index (κ2) is 5.64. The van der Waals surface area contributed by atoms with Gasteiger partial charge in [-0.3, -0.25) is 9.78 Å². The van der Waals surface area contributed by atoms with Crippen LogP contribution in [0.25, 0.3) is 0 Å². The largest absolute Gasteiger partial charge is 0.366 e. The van der Waals surface area contributed by atoms with Gasteiger partial charge in [-0.05, 0) is 11.6 Å². The van der Waals surface area contributed by atoms with Crippen LogP contribution in [0.15, 0.2) is 36.9 Å². The van der Waals surface area contributed by atoms with Crippen molar-refractivity contribution in [1.29, 1.82) is 0 Å². The monoisotopic (exact) mass is 269 g/mol. The summed E-state index contributed by atoms with van der Waals surface area (Å²) in [7, 11) is 0. The first kappa shape index (κ1) is 12.5. The molecule has 0 aromatic carbocycles. The summed E-state index contributed by atoms with van der Waals surface area (Å²) in [5.41, 5.74) is 1.09. The van der Waals surface area contributed by atoms with Gasteiger partial charge in [-0.15, -0.1) is 0 Å². The van der Waals surface area contributed by atoms with Gasteiger partial charge in [-0.25, -0.2) is 9.97 Å². The average molecular weight is 269 g/mol. The Morgan fingerprint density at radius 1 is 1.35 bits per heavy atom. The van der Waals surface area contributed by atoms with Crippen LogP contribution in [0.3, 0.4) is 0 Å². The lowest BCUT2D eigenvalue weighted by Gasteiger charge is -2.15. The van der Waals surface area contributed by atoms with E-state index in [1.165, 1.54) is 6.33 Å². The molecule has 3 heterocycles. The number of hydrogen-bond acceptors (Lipinski definition) is 6. The van der Waals surface area contributed by atoms with E-state index >= 15 is 0 Å². The Balaban J connectivity index is 1.67. The molecule has 0 aliphatic carbocycles. The van der Waals surface area contributed by atoms with Gasteiger partial charge in [-0.1, -0.05) is 6.07 Å². The van der Waals surface area contributed by atoms with E-state index in [1.54, 1.807) is 6.20 Å². The number of pyridine rings is 1. The first-order chi connectivity index (χ1) is 9.81. The number of rotatable bonds is 4. The van der Waals surface area contributed by atoms with Crippen LogP contribution in [0.2, 0.25) is 0 Å². The number of aromatic nitrogens is 3. The Morgan fingerprint density at radius 3 is 3.05 bits per heavy atom. The summed E-state index contributed by atoms with van der Waals surface area (Å²) in [6.45, 7) is 1.83. The van der Waals surface area contributed by atoms with Crippen LogP contribution in [0.5, 0.6) is 0 Å². The number of hydrogen-bond donors (Lipinski definition) is 1. The lowest BCUT2D eigenvalue weighted by Crippen LogP contribution is -2.21. The Labute approximate surface area is 116 Å². The van der Waals surface area contributed by atoms with Crippen molar-refractivity contribution in [2.24, 2.45) is 0 Å². The Kier molecular flexibility index (Phi) is 3.54. The number of nitrogens with one attached hydrogen (secondary N) is 1. The van der Waals surface area contributed by atoms with Gasteiger partial charge >= 0.3 is 0 Å². The van der Waals surface area contributed by atoms with Gasteiger partial charge < -0.3 is 10.2 Å². The van der Waals surface area contributed by atoms with Crippen LogP contribution < -0.4 is 10.2 Å². The highest BCUT2D eigenvalue weighted by atomic mass is 16.1. The predicted molar refractivity (Wildman–Crippen MR) is 75.4 cm³/mol. The Bertz CT molecular complexity index is 602. The van der Waals surface area contributed by atoms with Gasteiger partial charge in [0, 0.05) is 38.0 Å². The molecule has 0 spiro atoms. The molecule has 0 bridgehead atoms. The minimum atomic E-state index is 0.258. The molecular weight excluding hydrogens is 254 g/mol. The third kappa shape index (κ3) is 2.90. The number of anilines is 2. The summed E-state index contributed by atoms with van der Waals surface area (Å²) in [5, 5.41) is 3.23. The predicted octanol–water partition coefficient (Wildman–Crippen LogP) is 1.26. The third-order valence-electron chi connectivity index (χ3n) is 3.20. The molecule has 1 saturated heterocycles. The quantitative estimate of drug-likeness (QED) is 0.901. The van der Waals surface area contributed by atoms with Crippen molar-refractivity contribution in [1.82, 2.24) is 15.0 Å². The highest BCUT2D eigenvalue weighted by molar-refractivity contribution is 5.86. The first-order valence-corrected chi connectivity index (χ1v) is 6.53. The maximum Gasteiger partial charge on any atom is 0.153 e. The molecule has 1 aliphatic heterocycles. The van der Waals surface area contributed by atoms with Gasteiger partial charge in [0.1, 0.15) is 18.0 Å². The van der Waals surface area contributed by atoms with E-state index in [9.17, 15) is 4.79 Å². The van der Waals surface area contributed by atoms with Crippen LogP contribution in [0.1, 0.15) is 12.0 Å². The number of carbonyl (C=O) groups excluding carboxylic acids is 1. The van der Waals surface area contributed by atoms with Gasteiger partial charge in [0.15, 0.2) is 5.78 Å². The molecule has 2 aromatic heterocycles. The summed E-state index contributed by atoms with van der Waals surface area (Å²) in [6.07, 6.45) is 5.68. The molecule has 0 saturated carbocycles. The summed E-state index contributed by atoms with van der Waals surface area (Å²) in [4.78, 5) is 25.8. The smallest absolute Gasteiger partial charge is 0.153 e. The normalized spacial score (nSPS) is 14.6. The lowest BCUT2D eigenvalue weighted by atomic mass is 10.3. The Morgan fingerprint density at radius 2 is 2.30 bits per heavy atom. The molecule has 0 radical (unpaired) electrons. The molecule has 0 unspecified atom stereocenters. The van der Waals surface area contributed by atoms with Crippen molar-refractivity contribution >= 4 is 17.4 Å². The van der Waals surface area contributed by atoms with Crippen LogP contribution in [0, 0.1) is 0 Å². The number of nitrogens with zero attached hydrogens (tertiary/aromatic N) is 4. The number of Topliss-reactive ketones (excluding diaryl/α,β-unsaturated/α-hetero) is 1. The van der Waals surface area contributed by atoms with Crippen molar-refractivity contribution < 1.29 is 4.79 Å². The minimum Gasteiger partial charge on any atom is -0.366 e. The van der Waals surface area contributed by atoms with Crippen molar-refractivity contribution in [3.63, 3.8) is 0 Å². The fraction of sp³-hybridized carbons (Fsp3) is 0.286. The molecule has 6 nitrogen and oxygen atoms in total. The first-order valence-electron chi connectivity index (χ1n) is 6.53. The van der Waals surface area contributed by atoms with E-state index in [0.717, 1.165) is 23.7 Å². The molecule has 0 atom stereocenters. The maximum atomic E-state index is 11.3. The van der Waals surface area contributed by atoms with E-state index in [-0.39, 0.29) is 5.78 Å². The van der Waals surface area contributed by atoms with Crippen LogP contribution in [-0.4, -0.2) is 33.8 Å². The van der Waals surface area contributed by atoms with Crippen LogP contribution in [-0.2, 0) is 11.3 Å². The van der Waals surface area contributed by atoms with Gasteiger partial charge in [0.25, 0.3) is 0 Å². The topological polar surface area (TPSA) is 71.0 Å². The lowest BCUT2D eigenvalue weighted by molar-refractivity contribution is -0.116. The molecule has 6 heteroatoms. The zero-order valence-electron chi connectivity index (χ0n) is 11.0. The molecule has 1 fully saturated rings. The number of carbonyl (C=O) groups is 1. The summed E-state index contributed by atoms with van der Waals surface area (Å²) in [5.74, 6) is 1.80. The van der Waals surface area contributed by atoms with Crippen molar-refractivity contribution in [2.45, 2.75) is 13.0 Å². The maximum absolute atomic E-state index is 11.3. The molecule has 102 valence electrons. The average Bonchev–Trinajstić information content (AvgIpc) is 2.93. The summed E-state index contributed by atoms with van der Waals surface area (Å²) < 4.78 is 0. The van der Waals surface area contributed by atoms with E-state index in [4.69, 9.17) is 0 Å². The second-order valence-electron chi connectivity index (χ2n) is 4.69. The summed E-state index contributed by atoms with van der Waals surface area (Å²) in [6, 6.07) is 5.77. The molecule has 0 amide bonds.